The summed E-state index contributed by atoms with van der Waals surface area (Å²) in [5.74, 6) is 1.34. The topological polar surface area (TPSA) is 61.4 Å². The summed E-state index contributed by atoms with van der Waals surface area (Å²) in [6.45, 7) is 4.82. The van der Waals surface area contributed by atoms with Crippen LogP contribution in [0.1, 0.15) is 51.9 Å². The predicted molar refractivity (Wildman–Crippen MR) is 99.2 cm³/mol. The third kappa shape index (κ3) is 5.35. The first-order valence-electron chi connectivity index (χ1n) is 9.14. The quantitative estimate of drug-likeness (QED) is 0.764. The molecule has 0 aromatic heterocycles. The molecule has 2 fully saturated rings. The highest BCUT2D eigenvalue weighted by Crippen LogP contribution is 2.39. The molecule has 24 heavy (non-hydrogen) atoms. The van der Waals surface area contributed by atoms with Crippen molar-refractivity contribution in [3.05, 3.63) is 0 Å². The van der Waals surface area contributed by atoms with Gasteiger partial charge in [-0.15, -0.1) is 12.4 Å². The maximum Gasteiger partial charge on any atom is 0.230 e. The highest BCUT2D eigenvalue weighted by molar-refractivity contribution is 5.85. The van der Waals surface area contributed by atoms with Gasteiger partial charge in [-0.1, -0.05) is 19.8 Å². The van der Waals surface area contributed by atoms with E-state index >= 15 is 0 Å². The average Bonchev–Trinajstić information content (AvgIpc) is 3.03. The number of amides is 2. The van der Waals surface area contributed by atoms with E-state index in [1.54, 1.807) is 4.90 Å². The van der Waals surface area contributed by atoms with Gasteiger partial charge in [0.15, 0.2) is 0 Å². The second kappa shape index (κ2) is 9.62. The Kier molecular flexibility index (Phi) is 8.51. The number of nitrogens with zero attached hydrogens (tertiary/aromatic N) is 1. The lowest BCUT2D eigenvalue weighted by atomic mass is 9.83. The molecule has 140 valence electrons. The molecule has 2 amide bonds. The fourth-order valence-electron chi connectivity index (χ4n) is 4.20. The Balaban J connectivity index is 0.00000288. The Labute approximate surface area is 152 Å². The minimum Gasteiger partial charge on any atom is -0.355 e. The van der Waals surface area contributed by atoms with Gasteiger partial charge in [0.2, 0.25) is 11.8 Å². The molecule has 2 rings (SSSR count). The van der Waals surface area contributed by atoms with Gasteiger partial charge in [0.25, 0.3) is 0 Å². The van der Waals surface area contributed by atoms with Crippen molar-refractivity contribution in [2.24, 2.45) is 17.3 Å². The molecule has 1 aliphatic heterocycles. The van der Waals surface area contributed by atoms with E-state index in [4.69, 9.17) is 0 Å². The number of hydrogen-bond donors (Lipinski definition) is 2. The molecule has 1 saturated carbocycles. The molecule has 2 aliphatic rings. The van der Waals surface area contributed by atoms with Crippen molar-refractivity contribution in [1.82, 2.24) is 15.5 Å². The van der Waals surface area contributed by atoms with Crippen LogP contribution in [0.4, 0.5) is 0 Å². The number of halogens is 1. The first-order valence-corrected chi connectivity index (χ1v) is 9.14. The second-order valence-electron chi connectivity index (χ2n) is 7.73. The fourth-order valence-corrected chi connectivity index (χ4v) is 4.20. The lowest BCUT2D eigenvalue weighted by molar-refractivity contribution is -0.139. The van der Waals surface area contributed by atoms with Gasteiger partial charge < -0.3 is 15.5 Å². The highest BCUT2D eigenvalue weighted by atomic mass is 35.5. The van der Waals surface area contributed by atoms with E-state index in [-0.39, 0.29) is 29.6 Å². The molecule has 6 heteroatoms. The molecular weight excluding hydrogens is 326 g/mol. The van der Waals surface area contributed by atoms with Crippen molar-refractivity contribution < 1.29 is 9.59 Å². The highest BCUT2D eigenvalue weighted by Gasteiger charge is 2.42. The normalized spacial score (nSPS) is 21.6. The molecule has 2 N–H and O–H groups in total. The SMILES string of the molecule is CC(CC(=O)NCC1(C(=O)N(C)C)CCCC1)C1CCNCC1.Cl. The number of carbonyl (C=O) groups is 2. The van der Waals surface area contributed by atoms with E-state index in [1.165, 1.54) is 0 Å². The average molecular weight is 360 g/mol. The van der Waals surface area contributed by atoms with E-state index < -0.39 is 0 Å². The van der Waals surface area contributed by atoms with Gasteiger partial charge in [-0.3, -0.25) is 9.59 Å². The standard InChI is InChI=1S/C18H33N3O2.ClH/c1-14(15-6-10-19-11-7-15)12-16(22)20-13-18(8-4-5-9-18)17(23)21(2)3;/h14-15,19H,4-13H2,1-3H3,(H,20,22);1H. The Morgan fingerprint density at radius 2 is 1.79 bits per heavy atom. The summed E-state index contributed by atoms with van der Waals surface area (Å²) in [5, 5.41) is 6.44. The molecular formula is C18H34ClN3O2. The van der Waals surface area contributed by atoms with Gasteiger partial charge >= 0.3 is 0 Å². The van der Waals surface area contributed by atoms with Crippen molar-refractivity contribution in [2.75, 3.05) is 33.7 Å². The van der Waals surface area contributed by atoms with Crippen LogP contribution in [-0.2, 0) is 9.59 Å². The number of piperidine rings is 1. The number of hydrogen-bond acceptors (Lipinski definition) is 3. The van der Waals surface area contributed by atoms with Crippen LogP contribution in [0.2, 0.25) is 0 Å². The zero-order valence-corrected chi connectivity index (χ0v) is 16.2. The summed E-state index contributed by atoms with van der Waals surface area (Å²) in [4.78, 5) is 26.5. The van der Waals surface area contributed by atoms with Crippen LogP contribution in [-0.4, -0.2) is 50.4 Å². The van der Waals surface area contributed by atoms with Gasteiger partial charge in [-0.05, 0) is 50.6 Å². The van der Waals surface area contributed by atoms with Gasteiger partial charge in [0, 0.05) is 27.1 Å². The Bertz CT molecular complexity index is 416. The zero-order chi connectivity index (χ0) is 16.9. The van der Waals surface area contributed by atoms with E-state index in [0.29, 0.717) is 24.8 Å². The van der Waals surface area contributed by atoms with Crippen LogP contribution in [0, 0.1) is 17.3 Å². The van der Waals surface area contributed by atoms with E-state index in [1.807, 2.05) is 14.1 Å². The Morgan fingerprint density at radius 1 is 1.21 bits per heavy atom. The molecule has 0 aromatic carbocycles. The third-order valence-corrected chi connectivity index (χ3v) is 5.74. The van der Waals surface area contributed by atoms with Crippen LogP contribution in [0.25, 0.3) is 0 Å². The summed E-state index contributed by atoms with van der Waals surface area (Å²) < 4.78 is 0. The summed E-state index contributed by atoms with van der Waals surface area (Å²) >= 11 is 0. The number of carbonyl (C=O) groups excluding carboxylic acids is 2. The molecule has 1 atom stereocenters. The van der Waals surface area contributed by atoms with Crippen molar-refractivity contribution in [1.29, 1.82) is 0 Å². The molecule has 0 bridgehead atoms. The molecule has 0 radical (unpaired) electrons. The van der Waals surface area contributed by atoms with E-state index in [2.05, 4.69) is 17.6 Å². The Hall–Kier alpha value is -0.810. The van der Waals surface area contributed by atoms with Crippen molar-refractivity contribution >= 4 is 24.2 Å². The number of nitrogens with one attached hydrogen (secondary N) is 2. The molecule has 0 aromatic rings. The minimum absolute atomic E-state index is 0. The smallest absolute Gasteiger partial charge is 0.230 e. The lowest BCUT2D eigenvalue weighted by Crippen LogP contribution is -2.46. The van der Waals surface area contributed by atoms with Crippen LogP contribution in [0.5, 0.6) is 0 Å². The van der Waals surface area contributed by atoms with Crippen LogP contribution in [0.3, 0.4) is 0 Å². The van der Waals surface area contributed by atoms with Crippen LogP contribution in [0.15, 0.2) is 0 Å². The summed E-state index contributed by atoms with van der Waals surface area (Å²) in [7, 11) is 3.62. The first kappa shape index (κ1) is 21.2. The lowest BCUT2D eigenvalue weighted by Gasteiger charge is -2.31. The molecule has 1 unspecified atom stereocenters. The van der Waals surface area contributed by atoms with Crippen molar-refractivity contribution in [3.63, 3.8) is 0 Å². The van der Waals surface area contributed by atoms with Gasteiger partial charge in [0.1, 0.15) is 0 Å². The van der Waals surface area contributed by atoms with Crippen LogP contribution < -0.4 is 10.6 Å². The molecule has 1 aliphatic carbocycles. The maximum atomic E-state index is 12.5. The molecule has 1 heterocycles. The Morgan fingerprint density at radius 3 is 2.33 bits per heavy atom. The largest absolute Gasteiger partial charge is 0.355 e. The minimum atomic E-state index is -0.364. The number of rotatable bonds is 6. The molecule has 0 spiro atoms. The van der Waals surface area contributed by atoms with E-state index in [9.17, 15) is 9.59 Å². The van der Waals surface area contributed by atoms with E-state index in [0.717, 1.165) is 51.6 Å². The molecule has 5 nitrogen and oxygen atoms in total. The monoisotopic (exact) mass is 359 g/mol. The van der Waals surface area contributed by atoms with Gasteiger partial charge in [-0.2, -0.15) is 0 Å². The third-order valence-electron chi connectivity index (χ3n) is 5.74. The molecule has 1 saturated heterocycles. The first-order chi connectivity index (χ1) is 10.9. The van der Waals surface area contributed by atoms with Crippen molar-refractivity contribution in [3.8, 4) is 0 Å². The second-order valence-corrected chi connectivity index (χ2v) is 7.73. The summed E-state index contributed by atoms with van der Waals surface area (Å²) in [6, 6.07) is 0. The summed E-state index contributed by atoms with van der Waals surface area (Å²) in [5.41, 5.74) is -0.364. The maximum absolute atomic E-state index is 12.5. The van der Waals surface area contributed by atoms with Crippen molar-refractivity contribution in [2.45, 2.75) is 51.9 Å². The predicted octanol–water partition coefficient (Wildman–Crippen LogP) is 2.20. The van der Waals surface area contributed by atoms with Gasteiger partial charge in [0.05, 0.1) is 5.41 Å². The van der Waals surface area contributed by atoms with Crippen LogP contribution >= 0.6 is 12.4 Å². The zero-order valence-electron chi connectivity index (χ0n) is 15.4. The summed E-state index contributed by atoms with van der Waals surface area (Å²) in [6.07, 6.45) is 6.87. The van der Waals surface area contributed by atoms with Gasteiger partial charge in [-0.25, -0.2) is 0 Å². The fraction of sp³-hybridized carbons (Fsp3) is 0.889.